The highest BCUT2D eigenvalue weighted by atomic mass is 79.9. The van der Waals surface area contributed by atoms with Gasteiger partial charge in [-0.05, 0) is 28.1 Å². The lowest BCUT2D eigenvalue weighted by atomic mass is 10.3. The lowest BCUT2D eigenvalue weighted by Gasteiger charge is -2.05. The number of benzene rings is 1. The molecule has 0 saturated carbocycles. The highest BCUT2D eigenvalue weighted by Gasteiger charge is 2.23. The van der Waals surface area contributed by atoms with E-state index < -0.39 is 16.4 Å². The maximum absolute atomic E-state index is 13.3. The standard InChI is InChI=1S/C10H4BrClFN3O3/c11-6-2-1-5(3-7(6)13)19-10-8(16(17)18)9(12)14-4-15-10/h1-4H. The van der Waals surface area contributed by atoms with E-state index >= 15 is 0 Å². The quantitative estimate of drug-likeness (QED) is 0.480. The van der Waals surface area contributed by atoms with Gasteiger partial charge in [-0.1, -0.05) is 11.6 Å². The molecule has 1 aromatic heterocycles. The lowest BCUT2D eigenvalue weighted by Crippen LogP contribution is -1.98. The van der Waals surface area contributed by atoms with Crippen molar-refractivity contribution in [3.8, 4) is 11.6 Å². The number of nitrogens with zero attached hydrogens (tertiary/aromatic N) is 3. The summed E-state index contributed by atoms with van der Waals surface area (Å²) in [7, 11) is 0. The number of hydrogen-bond donors (Lipinski definition) is 0. The molecular weight excluding hydrogens is 344 g/mol. The molecule has 0 atom stereocenters. The molecule has 1 heterocycles. The van der Waals surface area contributed by atoms with Gasteiger partial charge in [-0.15, -0.1) is 0 Å². The number of hydrogen-bond acceptors (Lipinski definition) is 5. The Hall–Kier alpha value is -1.80. The molecule has 2 rings (SSSR count). The van der Waals surface area contributed by atoms with Crippen LogP contribution < -0.4 is 4.74 Å². The Kier molecular flexibility index (Phi) is 3.91. The Morgan fingerprint density at radius 3 is 2.79 bits per heavy atom. The van der Waals surface area contributed by atoms with Crippen LogP contribution in [0.5, 0.6) is 11.6 Å². The van der Waals surface area contributed by atoms with E-state index in [9.17, 15) is 14.5 Å². The number of ether oxygens (including phenoxy) is 1. The van der Waals surface area contributed by atoms with Gasteiger partial charge in [-0.3, -0.25) is 10.1 Å². The van der Waals surface area contributed by atoms with Gasteiger partial charge in [0.1, 0.15) is 17.9 Å². The minimum atomic E-state index is -0.771. The zero-order valence-corrected chi connectivity index (χ0v) is 11.4. The average Bonchev–Trinajstić information content (AvgIpc) is 2.33. The lowest BCUT2D eigenvalue weighted by molar-refractivity contribution is -0.386. The van der Waals surface area contributed by atoms with Crippen LogP contribution >= 0.6 is 27.5 Å². The molecule has 0 aliphatic heterocycles. The average molecular weight is 349 g/mol. The van der Waals surface area contributed by atoms with Crippen LogP contribution in [0.15, 0.2) is 29.0 Å². The normalized spacial score (nSPS) is 10.3. The molecule has 0 aliphatic carbocycles. The highest BCUT2D eigenvalue weighted by Crippen LogP contribution is 2.34. The van der Waals surface area contributed by atoms with Gasteiger partial charge in [0.15, 0.2) is 0 Å². The van der Waals surface area contributed by atoms with Gasteiger partial charge in [-0.2, -0.15) is 4.98 Å². The molecule has 98 valence electrons. The first-order valence-corrected chi connectivity index (χ1v) is 5.94. The molecule has 19 heavy (non-hydrogen) atoms. The number of halogens is 3. The number of rotatable bonds is 3. The van der Waals surface area contributed by atoms with Crippen LogP contribution in [0.25, 0.3) is 0 Å². The van der Waals surface area contributed by atoms with Crippen molar-refractivity contribution < 1.29 is 14.1 Å². The Balaban J connectivity index is 2.40. The largest absolute Gasteiger partial charge is 0.433 e. The van der Waals surface area contributed by atoms with E-state index in [0.717, 1.165) is 12.4 Å². The van der Waals surface area contributed by atoms with Gasteiger partial charge >= 0.3 is 11.6 Å². The van der Waals surface area contributed by atoms with Crippen molar-refractivity contribution in [1.82, 2.24) is 9.97 Å². The van der Waals surface area contributed by atoms with Gasteiger partial charge in [0, 0.05) is 6.07 Å². The third-order valence-corrected chi connectivity index (χ3v) is 2.95. The first kappa shape index (κ1) is 13.6. The molecule has 6 nitrogen and oxygen atoms in total. The van der Waals surface area contributed by atoms with Crippen LogP contribution in [0.2, 0.25) is 5.15 Å². The van der Waals surface area contributed by atoms with Gasteiger partial charge < -0.3 is 4.74 Å². The maximum atomic E-state index is 13.3. The predicted molar refractivity (Wildman–Crippen MR) is 67.9 cm³/mol. The maximum Gasteiger partial charge on any atom is 0.368 e. The molecule has 0 radical (unpaired) electrons. The Bertz CT molecular complexity index is 656. The van der Waals surface area contributed by atoms with Crippen molar-refractivity contribution >= 4 is 33.2 Å². The summed E-state index contributed by atoms with van der Waals surface area (Å²) in [4.78, 5) is 17.2. The third-order valence-electron chi connectivity index (χ3n) is 2.03. The second-order valence-electron chi connectivity index (χ2n) is 3.25. The SMILES string of the molecule is O=[N+]([O-])c1c(Cl)ncnc1Oc1ccc(Br)c(F)c1. The van der Waals surface area contributed by atoms with Crippen LogP contribution in [0.1, 0.15) is 0 Å². The van der Waals surface area contributed by atoms with Crippen molar-refractivity contribution in [1.29, 1.82) is 0 Å². The molecule has 0 saturated heterocycles. The molecule has 1 aromatic carbocycles. The summed E-state index contributed by atoms with van der Waals surface area (Å²) in [5, 5.41) is 10.5. The molecular formula is C10H4BrClFN3O3. The van der Waals surface area contributed by atoms with Crippen LogP contribution in [0.3, 0.4) is 0 Å². The monoisotopic (exact) mass is 347 g/mol. The Morgan fingerprint density at radius 2 is 2.16 bits per heavy atom. The molecule has 0 N–H and O–H groups in total. The van der Waals surface area contributed by atoms with Gasteiger partial charge in [0.05, 0.1) is 9.40 Å². The second kappa shape index (κ2) is 5.45. The first-order chi connectivity index (χ1) is 8.99. The minimum absolute atomic E-state index is 0.0542. The van der Waals surface area contributed by atoms with Crippen molar-refractivity contribution in [3.63, 3.8) is 0 Å². The van der Waals surface area contributed by atoms with Crippen LogP contribution in [-0.4, -0.2) is 14.9 Å². The van der Waals surface area contributed by atoms with E-state index in [1.807, 2.05) is 0 Å². The molecule has 0 fully saturated rings. The van der Waals surface area contributed by atoms with E-state index in [2.05, 4.69) is 25.9 Å². The zero-order valence-electron chi connectivity index (χ0n) is 9.01. The molecule has 0 aliphatic rings. The molecule has 2 aromatic rings. The smallest absolute Gasteiger partial charge is 0.368 e. The molecule has 9 heteroatoms. The summed E-state index contributed by atoms with van der Waals surface area (Å²) in [6, 6.07) is 3.88. The van der Waals surface area contributed by atoms with Crippen molar-refractivity contribution in [2.75, 3.05) is 0 Å². The van der Waals surface area contributed by atoms with Crippen LogP contribution in [0, 0.1) is 15.9 Å². The predicted octanol–water partition coefficient (Wildman–Crippen LogP) is 3.73. The van der Waals surface area contributed by atoms with Gasteiger partial charge in [-0.25, -0.2) is 9.37 Å². The van der Waals surface area contributed by atoms with E-state index in [4.69, 9.17) is 16.3 Å². The fourth-order valence-corrected chi connectivity index (χ4v) is 1.66. The summed E-state index contributed by atoms with van der Waals surface area (Å²) >= 11 is 8.57. The summed E-state index contributed by atoms with van der Waals surface area (Å²) in [6.45, 7) is 0. The topological polar surface area (TPSA) is 78.2 Å². The van der Waals surface area contributed by atoms with Crippen LogP contribution in [0.4, 0.5) is 10.1 Å². The summed E-state index contributed by atoms with van der Waals surface area (Å²) < 4.78 is 18.7. The van der Waals surface area contributed by atoms with Crippen LogP contribution in [-0.2, 0) is 0 Å². The Labute approximate surface area is 119 Å². The summed E-state index contributed by atoms with van der Waals surface area (Å²) in [6.07, 6.45) is 1.01. The van der Waals surface area contributed by atoms with E-state index in [1.165, 1.54) is 12.1 Å². The Morgan fingerprint density at radius 1 is 1.42 bits per heavy atom. The van der Waals surface area contributed by atoms with Crippen molar-refractivity contribution in [3.05, 3.63) is 50.1 Å². The number of aromatic nitrogens is 2. The molecule has 0 unspecified atom stereocenters. The second-order valence-corrected chi connectivity index (χ2v) is 4.47. The summed E-state index contributed by atoms with van der Waals surface area (Å²) in [5.41, 5.74) is -0.576. The molecule has 0 bridgehead atoms. The van der Waals surface area contributed by atoms with Crippen molar-refractivity contribution in [2.24, 2.45) is 0 Å². The van der Waals surface area contributed by atoms with E-state index in [-0.39, 0.29) is 21.3 Å². The summed E-state index contributed by atoms with van der Waals surface area (Å²) in [5.74, 6) is -0.870. The van der Waals surface area contributed by atoms with Crippen molar-refractivity contribution in [2.45, 2.75) is 0 Å². The molecule has 0 spiro atoms. The number of nitro groups is 1. The van der Waals surface area contributed by atoms with E-state index in [0.29, 0.717) is 0 Å². The molecule has 0 amide bonds. The van der Waals surface area contributed by atoms with E-state index in [1.54, 1.807) is 0 Å². The zero-order chi connectivity index (χ0) is 14.0. The first-order valence-electron chi connectivity index (χ1n) is 4.77. The highest BCUT2D eigenvalue weighted by molar-refractivity contribution is 9.10. The fourth-order valence-electron chi connectivity index (χ4n) is 1.22. The van der Waals surface area contributed by atoms with Gasteiger partial charge in [0.25, 0.3) is 0 Å². The fraction of sp³-hybridized carbons (Fsp3) is 0. The van der Waals surface area contributed by atoms with Gasteiger partial charge in [0.2, 0.25) is 5.15 Å². The third kappa shape index (κ3) is 2.96. The minimum Gasteiger partial charge on any atom is -0.433 e.